The Hall–Kier alpha value is -3.85. The van der Waals surface area contributed by atoms with Gasteiger partial charge in [-0.05, 0) is 108 Å². The Morgan fingerprint density at radius 1 is 0.778 bits per heavy atom. The van der Waals surface area contributed by atoms with E-state index < -0.39 is 0 Å². The molecule has 4 aromatic rings. The largest absolute Gasteiger partial charge is 0.454 e. The second kappa shape index (κ2) is 13.3. The van der Waals surface area contributed by atoms with Gasteiger partial charge in [-0.2, -0.15) is 0 Å². The van der Waals surface area contributed by atoms with Gasteiger partial charge in [0.1, 0.15) is 27.4 Å². The van der Waals surface area contributed by atoms with Crippen molar-refractivity contribution in [2.45, 2.75) is 85.0 Å². The molecule has 0 aliphatic heterocycles. The third-order valence-electron chi connectivity index (χ3n) is 9.49. The van der Waals surface area contributed by atoms with E-state index in [0.717, 1.165) is 23.8 Å². The van der Waals surface area contributed by atoms with Gasteiger partial charge < -0.3 is 13.9 Å². The van der Waals surface area contributed by atoms with Crippen molar-refractivity contribution < 1.29 is 33.1 Å². The van der Waals surface area contributed by atoms with Gasteiger partial charge in [-0.15, -0.1) is 11.3 Å². The summed E-state index contributed by atoms with van der Waals surface area (Å²) in [6.45, 7) is 5.37. The Balaban J connectivity index is 1.29. The first-order chi connectivity index (χ1) is 21.7. The van der Waals surface area contributed by atoms with Crippen molar-refractivity contribution in [3.63, 3.8) is 0 Å². The number of benzene rings is 2. The number of ether oxygens (including phenoxy) is 2. The van der Waals surface area contributed by atoms with Crippen LogP contribution in [-0.4, -0.2) is 28.5 Å². The number of aryl methyl sites for hydroxylation is 1. The maximum atomic E-state index is 13.3. The highest BCUT2D eigenvalue weighted by molar-refractivity contribution is 7.22. The molecular formula is C36H39NO7S. The van der Waals surface area contributed by atoms with Crippen molar-refractivity contribution in [2.24, 2.45) is 23.7 Å². The molecule has 2 fully saturated rings. The highest BCUT2D eigenvalue weighted by Gasteiger charge is 2.32. The molecule has 0 bridgehead atoms. The van der Waals surface area contributed by atoms with E-state index in [1.54, 1.807) is 26.0 Å². The second-order valence-corrected chi connectivity index (χ2v) is 13.7. The van der Waals surface area contributed by atoms with Gasteiger partial charge in [-0.25, -0.2) is 4.98 Å². The lowest BCUT2D eigenvalue weighted by Gasteiger charge is -2.25. The Bertz CT molecular complexity index is 1670. The summed E-state index contributed by atoms with van der Waals surface area (Å²) in [6, 6.07) is 11.4. The summed E-state index contributed by atoms with van der Waals surface area (Å²) in [7, 11) is 0. The Morgan fingerprint density at radius 2 is 1.33 bits per heavy atom. The molecule has 9 heteroatoms. The van der Waals surface area contributed by atoms with E-state index in [1.807, 2.05) is 12.1 Å². The van der Waals surface area contributed by atoms with Crippen molar-refractivity contribution in [3.8, 4) is 22.3 Å². The van der Waals surface area contributed by atoms with Crippen molar-refractivity contribution in [2.75, 3.05) is 0 Å². The number of thiazole rings is 1. The zero-order chi connectivity index (χ0) is 31.7. The van der Waals surface area contributed by atoms with Gasteiger partial charge in [-0.1, -0.05) is 19.4 Å². The zero-order valence-corrected chi connectivity index (χ0v) is 26.9. The summed E-state index contributed by atoms with van der Waals surface area (Å²) >= 11 is 1.32. The van der Waals surface area contributed by atoms with Crippen LogP contribution in [0.4, 0.5) is 0 Å². The summed E-state index contributed by atoms with van der Waals surface area (Å²) in [5.41, 5.74) is 2.42. The van der Waals surface area contributed by atoms with E-state index in [4.69, 9.17) is 18.9 Å². The summed E-state index contributed by atoms with van der Waals surface area (Å²) in [4.78, 5) is 55.0. The van der Waals surface area contributed by atoms with Crippen LogP contribution in [0.3, 0.4) is 0 Å². The fourth-order valence-corrected chi connectivity index (χ4v) is 7.71. The molecule has 8 nitrogen and oxygen atoms in total. The van der Waals surface area contributed by atoms with Gasteiger partial charge in [-0.3, -0.25) is 19.2 Å². The lowest BCUT2D eigenvalue weighted by molar-refractivity contribution is -0.141. The van der Waals surface area contributed by atoms with Crippen LogP contribution < -0.4 is 9.47 Å². The molecule has 0 atom stereocenters. The Morgan fingerprint density at radius 3 is 1.91 bits per heavy atom. The van der Waals surface area contributed by atoms with Gasteiger partial charge in [0.05, 0.1) is 11.8 Å². The van der Waals surface area contributed by atoms with Crippen LogP contribution in [0.1, 0.15) is 84.1 Å². The zero-order valence-electron chi connectivity index (χ0n) is 26.1. The molecule has 0 spiro atoms. The first-order valence-electron chi connectivity index (χ1n) is 16.1. The summed E-state index contributed by atoms with van der Waals surface area (Å²) in [5.74, 6) is 0.368. The molecule has 236 valence electrons. The van der Waals surface area contributed by atoms with Crippen LogP contribution in [0.15, 0.2) is 40.8 Å². The fourth-order valence-electron chi connectivity index (χ4n) is 6.73. The lowest BCUT2D eigenvalue weighted by Crippen LogP contribution is -2.28. The van der Waals surface area contributed by atoms with Crippen LogP contribution in [0.2, 0.25) is 0 Å². The normalized spacial score (nSPS) is 21.9. The molecule has 0 radical (unpaired) electrons. The lowest BCUT2D eigenvalue weighted by atomic mass is 9.80. The minimum atomic E-state index is -0.341. The topological polar surface area (TPSA) is 113 Å². The van der Waals surface area contributed by atoms with Crippen LogP contribution >= 0.6 is 11.3 Å². The maximum Gasteiger partial charge on any atom is 0.314 e. The van der Waals surface area contributed by atoms with Gasteiger partial charge in [0, 0.05) is 17.2 Å². The van der Waals surface area contributed by atoms with E-state index in [1.165, 1.54) is 16.9 Å². The number of aromatic nitrogens is 1. The predicted molar refractivity (Wildman–Crippen MR) is 172 cm³/mol. The summed E-state index contributed by atoms with van der Waals surface area (Å²) in [5, 5.41) is 1.57. The fraction of sp³-hybridized carbons (Fsp3) is 0.472. The molecule has 45 heavy (non-hydrogen) atoms. The molecule has 0 N–H and O–H groups in total. The number of Topliss-reactive ketones (excluding diaryl/α,β-unsaturated/α-hetero) is 2. The molecule has 2 heterocycles. The molecule has 0 unspecified atom stereocenters. The molecule has 2 aromatic carbocycles. The molecule has 2 saturated carbocycles. The summed E-state index contributed by atoms with van der Waals surface area (Å²) in [6.07, 6.45) is 7.20. The van der Waals surface area contributed by atoms with Crippen molar-refractivity contribution in [3.05, 3.63) is 42.0 Å². The molecule has 0 amide bonds. The first kappa shape index (κ1) is 31.1. The third-order valence-corrected chi connectivity index (χ3v) is 10.6. The van der Waals surface area contributed by atoms with Gasteiger partial charge in [0.15, 0.2) is 22.3 Å². The number of nitrogens with zero attached hydrogens (tertiary/aromatic N) is 1. The average molecular weight is 630 g/mol. The number of esters is 2. The van der Waals surface area contributed by atoms with Crippen LogP contribution in [0.25, 0.3) is 32.0 Å². The predicted octanol–water partition coefficient (Wildman–Crippen LogP) is 8.26. The minimum Gasteiger partial charge on any atom is -0.454 e. The highest BCUT2D eigenvalue weighted by atomic mass is 32.1. The smallest absolute Gasteiger partial charge is 0.314 e. The molecular weight excluding hydrogens is 590 g/mol. The number of hydrogen-bond acceptors (Lipinski definition) is 9. The van der Waals surface area contributed by atoms with Gasteiger partial charge in [0.25, 0.3) is 0 Å². The van der Waals surface area contributed by atoms with Crippen molar-refractivity contribution in [1.29, 1.82) is 0 Å². The van der Waals surface area contributed by atoms with Crippen LogP contribution in [0.5, 0.6) is 11.5 Å². The molecule has 2 aliphatic carbocycles. The number of carbonyl (C=O) groups is 4. The number of furan rings is 1. The van der Waals surface area contributed by atoms with Crippen LogP contribution in [-0.2, 0) is 25.6 Å². The molecule has 6 rings (SSSR count). The molecule has 0 saturated heterocycles. The number of carbonyl (C=O) groups excluding carboxylic acids is 4. The maximum absolute atomic E-state index is 13.3. The van der Waals surface area contributed by atoms with Crippen LogP contribution in [0, 0.1) is 23.7 Å². The number of hydrogen-bond donors (Lipinski definition) is 0. The molecule has 2 aliphatic rings. The monoisotopic (exact) mass is 629 g/mol. The third kappa shape index (κ3) is 6.73. The molecule has 2 aromatic heterocycles. The number of rotatable bonds is 9. The average Bonchev–Trinajstić information content (AvgIpc) is 3.68. The SMILES string of the molecule is CCCc1ccc2oc(-c3nc4c(OC(=O)C5CCC(C(C)=O)CC5)ccc(OC(=O)C5CCC(C(C)=O)CC5)c4s3)cc2c1. The van der Waals surface area contributed by atoms with E-state index in [0.29, 0.717) is 83.9 Å². The summed E-state index contributed by atoms with van der Waals surface area (Å²) < 4.78 is 18.7. The first-order valence-corrected chi connectivity index (χ1v) is 16.9. The quantitative estimate of drug-likeness (QED) is 0.134. The van der Waals surface area contributed by atoms with Crippen molar-refractivity contribution in [1.82, 2.24) is 4.98 Å². The standard InChI is InChI=1S/C36H39NO7S/c1-4-5-22-6-15-28-27(18-22)19-31(42-28)34-37-32-29(43-35(40)25-11-7-23(8-12-25)20(2)38)16-17-30(33(32)45-34)44-36(41)26-13-9-24(10-14-26)21(3)39/h6,15-19,23-26H,4-5,7-14H2,1-3H3. The Kier molecular flexibility index (Phi) is 9.17. The number of ketones is 2. The van der Waals surface area contributed by atoms with E-state index in [-0.39, 0.29) is 47.2 Å². The highest BCUT2D eigenvalue weighted by Crippen LogP contribution is 2.43. The number of fused-ring (bicyclic) bond motifs is 2. The van der Waals surface area contributed by atoms with E-state index >= 15 is 0 Å². The second-order valence-electron chi connectivity index (χ2n) is 12.7. The van der Waals surface area contributed by atoms with E-state index in [9.17, 15) is 19.2 Å². The van der Waals surface area contributed by atoms with Crippen molar-refractivity contribution >= 4 is 56.0 Å². The Labute approximate surface area is 266 Å². The van der Waals surface area contributed by atoms with Gasteiger partial charge in [0.2, 0.25) is 0 Å². The van der Waals surface area contributed by atoms with E-state index in [2.05, 4.69) is 19.1 Å². The minimum absolute atomic E-state index is 0.00944. The van der Waals surface area contributed by atoms with Gasteiger partial charge >= 0.3 is 11.9 Å².